The molecule has 0 aliphatic carbocycles. The van der Waals surface area contributed by atoms with Crippen LogP contribution in [-0.4, -0.2) is 0 Å². The molecule has 1 heterocycles. The second-order valence-corrected chi connectivity index (χ2v) is 7.29. The lowest BCUT2D eigenvalue weighted by atomic mass is 9.93. The second-order valence-electron chi connectivity index (χ2n) is 6.27. The molecule has 4 aromatic carbocycles. The van der Waals surface area contributed by atoms with Gasteiger partial charge in [-0.15, -0.1) is 0 Å². The minimum atomic E-state index is 1.29. The van der Waals surface area contributed by atoms with Crippen molar-refractivity contribution in [2.45, 2.75) is 16.7 Å². The maximum absolute atomic E-state index is 2.27. The van der Waals surface area contributed by atoms with Gasteiger partial charge in [-0.05, 0) is 40.1 Å². The Labute approximate surface area is 146 Å². The molecule has 0 N–H and O–H groups in total. The van der Waals surface area contributed by atoms with Crippen LogP contribution in [0.25, 0.3) is 33.0 Å². The van der Waals surface area contributed by atoms with Crippen LogP contribution in [0.1, 0.15) is 5.56 Å². The zero-order valence-electron chi connectivity index (χ0n) is 13.4. The molecule has 4 aromatic rings. The van der Waals surface area contributed by atoms with Crippen molar-refractivity contribution in [3.05, 3.63) is 84.4 Å². The highest BCUT2D eigenvalue weighted by Crippen LogP contribution is 2.52. The third kappa shape index (κ3) is 1.95. The van der Waals surface area contributed by atoms with Crippen molar-refractivity contribution < 1.29 is 0 Å². The van der Waals surface area contributed by atoms with Crippen molar-refractivity contribution in [3.8, 4) is 22.3 Å². The number of rotatable bonds is 1. The van der Waals surface area contributed by atoms with Gasteiger partial charge >= 0.3 is 0 Å². The van der Waals surface area contributed by atoms with Gasteiger partial charge in [-0.1, -0.05) is 90.6 Å². The molecule has 0 saturated heterocycles. The minimum Gasteiger partial charge on any atom is -0.0878 e. The lowest BCUT2D eigenvalue weighted by Crippen LogP contribution is -1.96. The summed E-state index contributed by atoms with van der Waals surface area (Å²) >= 11 is 1.92. The van der Waals surface area contributed by atoms with E-state index in [2.05, 4.69) is 85.8 Å². The van der Waals surface area contributed by atoms with Gasteiger partial charge in [0.15, 0.2) is 0 Å². The summed E-state index contributed by atoms with van der Waals surface area (Å²) in [7, 11) is 0. The van der Waals surface area contributed by atoms with E-state index in [-0.39, 0.29) is 0 Å². The van der Waals surface area contributed by atoms with E-state index in [0.29, 0.717) is 0 Å². The maximum Gasteiger partial charge on any atom is 0.0285 e. The second kappa shape index (κ2) is 5.25. The Balaban J connectivity index is 1.91. The summed E-state index contributed by atoms with van der Waals surface area (Å²) in [4.78, 5) is 2.77. The van der Waals surface area contributed by atoms with Crippen LogP contribution in [0.4, 0.5) is 0 Å². The van der Waals surface area contributed by atoms with Crippen molar-refractivity contribution in [1.29, 1.82) is 0 Å². The first kappa shape index (κ1) is 13.9. The number of hydrogen-bond acceptors (Lipinski definition) is 1. The van der Waals surface area contributed by atoms with Crippen LogP contribution in [0.5, 0.6) is 0 Å². The molecule has 1 aliphatic heterocycles. The van der Waals surface area contributed by atoms with Crippen LogP contribution >= 0.6 is 11.8 Å². The van der Waals surface area contributed by atoms with Gasteiger partial charge < -0.3 is 0 Å². The zero-order chi connectivity index (χ0) is 16.1. The molecule has 1 aliphatic rings. The highest BCUT2D eigenvalue weighted by Gasteiger charge is 2.22. The molecule has 0 fully saturated rings. The molecule has 0 bridgehead atoms. The van der Waals surface area contributed by atoms with Crippen LogP contribution in [0.2, 0.25) is 0 Å². The van der Waals surface area contributed by atoms with Gasteiger partial charge in [0, 0.05) is 15.2 Å². The standard InChI is InChI=1S/C23H16S/c1-15-7-5-12-20-19-11-6-10-17-13-14-18(16-8-3-2-4-9-16)23(21(17)19)24-22(15)20/h2-14H,1H3. The molecule has 24 heavy (non-hydrogen) atoms. The molecule has 5 rings (SSSR count). The van der Waals surface area contributed by atoms with Crippen molar-refractivity contribution in [1.82, 2.24) is 0 Å². The zero-order valence-corrected chi connectivity index (χ0v) is 14.2. The Kier molecular flexibility index (Phi) is 3.04. The summed E-state index contributed by atoms with van der Waals surface area (Å²) in [5.74, 6) is 0. The van der Waals surface area contributed by atoms with Gasteiger partial charge in [-0.25, -0.2) is 0 Å². The number of benzene rings is 4. The van der Waals surface area contributed by atoms with Crippen LogP contribution in [-0.2, 0) is 0 Å². The van der Waals surface area contributed by atoms with E-state index >= 15 is 0 Å². The van der Waals surface area contributed by atoms with E-state index in [0.717, 1.165) is 0 Å². The predicted molar refractivity (Wildman–Crippen MR) is 104 cm³/mol. The van der Waals surface area contributed by atoms with Crippen LogP contribution < -0.4 is 0 Å². The molecule has 0 radical (unpaired) electrons. The Morgan fingerprint density at radius 2 is 1.38 bits per heavy atom. The highest BCUT2D eigenvalue weighted by molar-refractivity contribution is 8.00. The number of aryl methyl sites for hydroxylation is 1. The fourth-order valence-corrected chi connectivity index (χ4v) is 4.97. The van der Waals surface area contributed by atoms with Crippen molar-refractivity contribution in [3.63, 3.8) is 0 Å². The topological polar surface area (TPSA) is 0 Å². The summed E-state index contributed by atoms with van der Waals surface area (Å²) in [6.07, 6.45) is 0. The van der Waals surface area contributed by atoms with E-state index in [4.69, 9.17) is 0 Å². The molecular weight excluding hydrogens is 308 g/mol. The van der Waals surface area contributed by atoms with E-state index in [1.807, 2.05) is 11.8 Å². The Morgan fingerprint density at radius 3 is 2.25 bits per heavy atom. The third-order valence-electron chi connectivity index (χ3n) is 4.79. The first-order valence-corrected chi connectivity index (χ1v) is 9.03. The average molecular weight is 324 g/mol. The first-order valence-electron chi connectivity index (χ1n) is 8.22. The first-order chi connectivity index (χ1) is 11.8. The average Bonchev–Trinajstić information content (AvgIpc) is 2.64. The lowest BCUT2D eigenvalue weighted by molar-refractivity contribution is 1.29. The summed E-state index contributed by atoms with van der Waals surface area (Å²) < 4.78 is 0. The number of fused-ring (bicyclic) bond motifs is 2. The van der Waals surface area contributed by atoms with Crippen LogP contribution in [0, 0.1) is 6.92 Å². The van der Waals surface area contributed by atoms with Gasteiger partial charge in [-0.2, -0.15) is 0 Å². The minimum absolute atomic E-state index is 1.29. The molecule has 0 aromatic heterocycles. The third-order valence-corrected chi connectivity index (χ3v) is 6.16. The fourth-order valence-electron chi connectivity index (χ4n) is 3.62. The molecule has 0 spiro atoms. The molecule has 114 valence electrons. The quantitative estimate of drug-likeness (QED) is 0.321. The Morgan fingerprint density at radius 1 is 0.583 bits per heavy atom. The predicted octanol–water partition coefficient (Wildman–Crippen LogP) is 6.95. The van der Waals surface area contributed by atoms with Crippen molar-refractivity contribution in [2.24, 2.45) is 0 Å². The lowest BCUT2D eigenvalue weighted by Gasteiger charge is -2.24. The van der Waals surface area contributed by atoms with E-state index in [1.165, 1.54) is 48.4 Å². The number of hydrogen-bond donors (Lipinski definition) is 0. The largest absolute Gasteiger partial charge is 0.0878 e. The van der Waals surface area contributed by atoms with Crippen molar-refractivity contribution >= 4 is 22.5 Å². The monoisotopic (exact) mass is 324 g/mol. The van der Waals surface area contributed by atoms with E-state index in [9.17, 15) is 0 Å². The summed E-state index contributed by atoms with van der Waals surface area (Å²) in [5.41, 5.74) is 6.69. The molecule has 0 atom stereocenters. The Hall–Kier alpha value is -2.51. The van der Waals surface area contributed by atoms with Crippen LogP contribution in [0.15, 0.2) is 88.7 Å². The highest BCUT2D eigenvalue weighted by atomic mass is 32.2. The Bertz CT molecular complexity index is 1080. The SMILES string of the molecule is Cc1cccc2c1Sc1c(-c3ccccc3)ccc3cccc-2c13. The van der Waals surface area contributed by atoms with Gasteiger partial charge in [0.05, 0.1) is 0 Å². The smallest absolute Gasteiger partial charge is 0.0285 e. The van der Waals surface area contributed by atoms with Gasteiger partial charge in [0.2, 0.25) is 0 Å². The molecule has 0 saturated carbocycles. The molecule has 0 nitrogen and oxygen atoms in total. The van der Waals surface area contributed by atoms with Gasteiger partial charge in [0.25, 0.3) is 0 Å². The van der Waals surface area contributed by atoms with Gasteiger partial charge in [0.1, 0.15) is 0 Å². The van der Waals surface area contributed by atoms with E-state index in [1.54, 1.807) is 0 Å². The molecule has 0 unspecified atom stereocenters. The summed E-state index contributed by atoms with van der Waals surface area (Å²) in [6, 6.07) is 28.5. The fraction of sp³-hybridized carbons (Fsp3) is 0.0435. The van der Waals surface area contributed by atoms with Crippen molar-refractivity contribution in [2.75, 3.05) is 0 Å². The van der Waals surface area contributed by atoms with Crippen LogP contribution in [0.3, 0.4) is 0 Å². The molecule has 1 heteroatoms. The molecule has 0 amide bonds. The summed E-state index contributed by atoms with van der Waals surface area (Å²) in [5, 5.41) is 2.71. The maximum atomic E-state index is 2.27. The normalized spacial score (nSPS) is 12.2. The summed E-state index contributed by atoms with van der Waals surface area (Å²) in [6.45, 7) is 2.21. The molecular formula is C23H16S. The van der Waals surface area contributed by atoms with Gasteiger partial charge in [-0.3, -0.25) is 0 Å². The van der Waals surface area contributed by atoms with E-state index < -0.39 is 0 Å².